The van der Waals surface area contributed by atoms with Crippen LogP contribution in [0.25, 0.3) is 0 Å². The van der Waals surface area contributed by atoms with Gasteiger partial charge in [0.25, 0.3) is 0 Å². The Labute approximate surface area is 203 Å². The molecule has 3 atom stereocenters. The first-order valence-electron chi connectivity index (χ1n) is 12.3. The SMILES string of the molecule is CCCC(=O)C(=O)[C@@H](NC(=O)[C@@H]1CCCN1C(=O)[C@H](CC(C)C)NC(=O)OC(C)(C)C)C(C)C. The third-order valence-corrected chi connectivity index (χ3v) is 5.53. The molecule has 34 heavy (non-hydrogen) atoms. The van der Waals surface area contributed by atoms with Crippen molar-refractivity contribution in [1.29, 1.82) is 0 Å². The summed E-state index contributed by atoms with van der Waals surface area (Å²) in [6, 6.07) is -2.54. The van der Waals surface area contributed by atoms with E-state index in [1.54, 1.807) is 34.6 Å². The molecule has 1 aliphatic rings. The summed E-state index contributed by atoms with van der Waals surface area (Å²) in [6.45, 7) is 14.8. The molecule has 3 amide bonds. The first-order chi connectivity index (χ1) is 15.7. The van der Waals surface area contributed by atoms with E-state index in [1.807, 2.05) is 20.8 Å². The van der Waals surface area contributed by atoms with Gasteiger partial charge in [0.2, 0.25) is 23.4 Å². The van der Waals surface area contributed by atoms with Crippen molar-refractivity contribution in [3.8, 4) is 0 Å². The number of likely N-dealkylation sites (tertiary alicyclic amines) is 1. The molecule has 0 radical (unpaired) electrons. The maximum absolute atomic E-state index is 13.4. The molecule has 0 saturated carbocycles. The number of nitrogens with one attached hydrogen (secondary N) is 2. The second kappa shape index (κ2) is 12.9. The number of carbonyl (C=O) groups is 5. The lowest BCUT2D eigenvalue weighted by molar-refractivity contribution is -0.143. The maximum Gasteiger partial charge on any atom is 0.408 e. The highest BCUT2D eigenvalue weighted by Crippen LogP contribution is 2.21. The van der Waals surface area contributed by atoms with Crippen LogP contribution in [0.4, 0.5) is 4.79 Å². The van der Waals surface area contributed by atoms with Gasteiger partial charge in [-0.2, -0.15) is 0 Å². The van der Waals surface area contributed by atoms with E-state index in [0.717, 1.165) is 0 Å². The molecule has 9 nitrogen and oxygen atoms in total. The van der Waals surface area contributed by atoms with Gasteiger partial charge in [0.05, 0.1) is 6.04 Å². The van der Waals surface area contributed by atoms with E-state index in [0.29, 0.717) is 32.2 Å². The van der Waals surface area contributed by atoms with Gasteiger partial charge in [-0.25, -0.2) is 4.79 Å². The Morgan fingerprint density at radius 1 is 1.03 bits per heavy atom. The fraction of sp³-hybridized carbons (Fsp3) is 0.800. The van der Waals surface area contributed by atoms with Crippen LogP contribution in [-0.4, -0.2) is 64.6 Å². The summed E-state index contributed by atoms with van der Waals surface area (Å²) >= 11 is 0. The first-order valence-corrected chi connectivity index (χ1v) is 12.3. The first kappa shape index (κ1) is 29.6. The van der Waals surface area contributed by atoms with Gasteiger partial charge in [-0.15, -0.1) is 0 Å². The molecule has 194 valence electrons. The number of ether oxygens (including phenoxy) is 1. The van der Waals surface area contributed by atoms with Crippen molar-refractivity contribution < 1.29 is 28.7 Å². The molecule has 1 fully saturated rings. The van der Waals surface area contributed by atoms with Gasteiger partial charge in [-0.3, -0.25) is 19.2 Å². The highest BCUT2D eigenvalue weighted by molar-refractivity contribution is 6.39. The van der Waals surface area contributed by atoms with E-state index in [1.165, 1.54) is 4.90 Å². The van der Waals surface area contributed by atoms with Gasteiger partial charge in [0, 0.05) is 13.0 Å². The molecular formula is C25H43N3O6. The molecule has 0 bridgehead atoms. The topological polar surface area (TPSA) is 122 Å². The summed E-state index contributed by atoms with van der Waals surface area (Å²) in [5.74, 6) is -2.07. The Hall–Kier alpha value is -2.45. The predicted octanol–water partition coefficient (Wildman–Crippen LogP) is 3.00. The Bertz CT molecular complexity index is 756. The predicted molar refractivity (Wildman–Crippen MR) is 129 cm³/mol. The van der Waals surface area contributed by atoms with E-state index in [-0.39, 0.29) is 24.2 Å². The summed E-state index contributed by atoms with van der Waals surface area (Å²) in [4.78, 5) is 65.1. The number of amides is 3. The maximum atomic E-state index is 13.4. The summed E-state index contributed by atoms with van der Waals surface area (Å²) in [6.07, 6.45) is 1.46. The lowest BCUT2D eigenvalue weighted by atomic mass is 9.95. The largest absolute Gasteiger partial charge is 0.444 e. The minimum absolute atomic E-state index is 0.117. The van der Waals surface area contributed by atoms with Crippen LogP contribution in [0.5, 0.6) is 0 Å². The van der Waals surface area contributed by atoms with Gasteiger partial charge in [0.1, 0.15) is 17.7 Å². The molecule has 0 aliphatic carbocycles. The smallest absolute Gasteiger partial charge is 0.408 e. The van der Waals surface area contributed by atoms with Gasteiger partial charge in [0.15, 0.2) is 0 Å². The van der Waals surface area contributed by atoms with Crippen LogP contribution in [0, 0.1) is 11.8 Å². The minimum Gasteiger partial charge on any atom is -0.444 e. The number of hydrogen-bond acceptors (Lipinski definition) is 6. The lowest BCUT2D eigenvalue weighted by Gasteiger charge is -2.31. The van der Waals surface area contributed by atoms with Crippen LogP contribution in [0.3, 0.4) is 0 Å². The van der Waals surface area contributed by atoms with Gasteiger partial charge in [-0.05, 0) is 58.3 Å². The van der Waals surface area contributed by atoms with Crippen molar-refractivity contribution in [2.75, 3.05) is 6.54 Å². The molecule has 0 unspecified atom stereocenters. The zero-order valence-electron chi connectivity index (χ0n) is 22.0. The molecule has 1 saturated heterocycles. The van der Waals surface area contributed by atoms with Crippen LogP contribution < -0.4 is 10.6 Å². The van der Waals surface area contributed by atoms with Crippen molar-refractivity contribution in [3.63, 3.8) is 0 Å². The molecule has 2 N–H and O–H groups in total. The number of hydrogen-bond donors (Lipinski definition) is 2. The molecule has 1 heterocycles. The molecule has 0 aromatic heterocycles. The number of nitrogens with zero attached hydrogens (tertiary/aromatic N) is 1. The number of rotatable bonds is 11. The summed E-state index contributed by atoms with van der Waals surface area (Å²) in [7, 11) is 0. The second-order valence-electron chi connectivity index (χ2n) is 10.8. The van der Waals surface area contributed by atoms with Crippen LogP contribution in [0.2, 0.25) is 0 Å². The molecule has 0 aromatic rings. The van der Waals surface area contributed by atoms with E-state index in [2.05, 4.69) is 10.6 Å². The van der Waals surface area contributed by atoms with Gasteiger partial charge >= 0.3 is 6.09 Å². The Balaban J connectivity index is 3.00. The number of Topliss-reactive ketones (excluding diaryl/α,β-unsaturated/α-hetero) is 2. The third kappa shape index (κ3) is 9.06. The molecule has 1 aliphatic heterocycles. The molecule has 0 spiro atoms. The Morgan fingerprint density at radius 3 is 2.15 bits per heavy atom. The van der Waals surface area contributed by atoms with Crippen molar-refractivity contribution in [2.45, 2.75) is 111 Å². The Kier molecular flexibility index (Phi) is 11.2. The van der Waals surface area contributed by atoms with Crippen molar-refractivity contribution in [2.24, 2.45) is 11.8 Å². The normalized spacial score (nSPS) is 17.9. The van der Waals surface area contributed by atoms with Crippen LogP contribution >= 0.6 is 0 Å². The van der Waals surface area contributed by atoms with Crippen molar-refractivity contribution >= 4 is 29.5 Å². The standard InChI is InChI=1S/C25H43N3O6/c1-9-11-19(29)21(30)20(16(4)5)27-22(31)18-12-10-13-28(18)23(32)17(14-15(2)3)26-24(33)34-25(6,7)8/h15-18,20H,9-14H2,1-8H3,(H,26,33)(H,27,31)/t17-,18-,20-/m0/s1. The number of ketones is 2. The summed E-state index contributed by atoms with van der Waals surface area (Å²) < 4.78 is 5.31. The van der Waals surface area contributed by atoms with Gasteiger partial charge < -0.3 is 20.3 Å². The number of alkyl carbamates (subject to hydrolysis) is 1. The van der Waals surface area contributed by atoms with Gasteiger partial charge in [-0.1, -0.05) is 34.6 Å². The van der Waals surface area contributed by atoms with Crippen LogP contribution in [0.15, 0.2) is 0 Å². The van der Waals surface area contributed by atoms with E-state index in [4.69, 9.17) is 4.74 Å². The van der Waals surface area contributed by atoms with E-state index >= 15 is 0 Å². The fourth-order valence-corrected chi connectivity index (χ4v) is 3.95. The van der Waals surface area contributed by atoms with Crippen LogP contribution in [0.1, 0.15) is 87.5 Å². The zero-order valence-corrected chi connectivity index (χ0v) is 22.0. The zero-order chi connectivity index (χ0) is 26.2. The quantitative estimate of drug-likeness (QED) is 0.438. The van der Waals surface area contributed by atoms with Crippen molar-refractivity contribution in [3.05, 3.63) is 0 Å². The van der Waals surface area contributed by atoms with E-state index in [9.17, 15) is 24.0 Å². The Morgan fingerprint density at radius 2 is 1.65 bits per heavy atom. The lowest BCUT2D eigenvalue weighted by Crippen LogP contribution is -2.57. The van der Waals surface area contributed by atoms with Crippen molar-refractivity contribution in [1.82, 2.24) is 15.5 Å². The average molecular weight is 482 g/mol. The average Bonchev–Trinajstić information content (AvgIpc) is 3.18. The summed E-state index contributed by atoms with van der Waals surface area (Å²) in [5.41, 5.74) is -0.709. The third-order valence-electron chi connectivity index (χ3n) is 5.53. The number of carbonyl (C=O) groups excluding carboxylic acids is 5. The molecule has 1 rings (SSSR count). The molecule has 9 heteroatoms. The second-order valence-corrected chi connectivity index (χ2v) is 10.8. The summed E-state index contributed by atoms with van der Waals surface area (Å²) in [5, 5.41) is 5.38. The minimum atomic E-state index is -0.935. The monoisotopic (exact) mass is 481 g/mol. The highest BCUT2D eigenvalue weighted by Gasteiger charge is 2.40. The fourth-order valence-electron chi connectivity index (χ4n) is 3.95. The highest BCUT2D eigenvalue weighted by atomic mass is 16.6. The molecule has 0 aromatic carbocycles. The molecular weight excluding hydrogens is 438 g/mol. The van der Waals surface area contributed by atoms with E-state index < -0.39 is 47.3 Å². The van der Waals surface area contributed by atoms with Crippen LogP contribution in [-0.2, 0) is 23.9 Å².